The molecule has 7 heteroatoms. The van der Waals surface area contributed by atoms with Crippen LogP contribution in [0, 0.1) is 5.92 Å². The Bertz CT molecular complexity index is 428. The molecular formula is C17H33IN4OS. The minimum Gasteiger partial charge on any atom is -0.383 e. The molecule has 0 aromatic carbocycles. The predicted molar refractivity (Wildman–Crippen MR) is 116 cm³/mol. The molecule has 0 aliphatic rings. The topological polar surface area (TPSA) is 48.9 Å². The third-order valence-corrected chi connectivity index (χ3v) is 4.40. The lowest BCUT2D eigenvalue weighted by atomic mass is 10.1. The number of thiophene rings is 1. The first kappa shape index (κ1) is 23.6. The number of guanidine groups is 1. The van der Waals surface area contributed by atoms with Crippen molar-refractivity contribution in [2.75, 3.05) is 53.5 Å². The molecule has 140 valence electrons. The third kappa shape index (κ3) is 11.2. The van der Waals surface area contributed by atoms with Gasteiger partial charge in [-0.15, -0.1) is 35.3 Å². The van der Waals surface area contributed by atoms with E-state index in [4.69, 9.17) is 9.73 Å². The van der Waals surface area contributed by atoms with Gasteiger partial charge in [-0.1, -0.05) is 13.0 Å². The summed E-state index contributed by atoms with van der Waals surface area (Å²) >= 11 is 1.82. The Kier molecular flexibility index (Phi) is 14.7. The van der Waals surface area contributed by atoms with Gasteiger partial charge < -0.3 is 20.3 Å². The lowest BCUT2D eigenvalue weighted by molar-refractivity contribution is 0.162. The molecule has 1 rings (SSSR count). The monoisotopic (exact) mass is 468 g/mol. The Morgan fingerprint density at radius 3 is 2.79 bits per heavy atom. The van der Waals surface area contributed by atoms with Crippen molar-refractivity contribution >= 4 is 41.3 Å². The second-order valence-corrected chi connectivity index (χ2v) is 6.86. The van der Waals surface area contributed by atoms with Gasteiger partial charge in [-0.05, 0) is 37.8 Å². The fraction of sp³-hybridized carbons (Fsp3) is 0.706. The van der Waals surface area contributed by atoms with E-state index in [1.165, 1.54) is 4.88 Å². The maximum absolute atomic E-state index is 5.09. The second kappa shape index (κ2) is 14.9. The number of ether oxygens (including phenoxy) is 1. The molecule has 1 atom stereocenters. The maximum Gasteiger partial charge on any atom is 0.191 e. The van der Waals surface area contributed by atoms with Gasteiger partial charge in [-0.2, -0.15) is 0 Å². The number of halogens is 1. The summed E-state index contributed by atoms with van der Waals surface area (Å²) in [6, 6.07) is 4.31. The van der Waals surface area contributed by atoms with Crippen LogP contribution in [-0.2, 0) is 11.2 Å². The van der Waals surface area contributed by atoms with Crippen molar-refractivity contribution in [1.82, 2.24) is 15.5 Å². The molecule has 1 heterocycles. The lowest BCUT2D eigenvalue weighted by Gasteiger charge is -2.18. The number of aliphatic imine (C=N–C) groups is 1. The summed E-state index contributed by atoms with van der Waals surface area (Å²) in [6.45, 7) is 9.64. The number of nitrogens with zero attached hydrogens (tertiary/aromatic N) is 2. The Balaban J connectivity index is 0.00000529. The van der Waals surface area contributed by atoms with Crippen molar-refractivity contribution < 1.29 is 4.74 Å². The first-order valence-corrected chi connectivity index (χ1v) is 9.25. The summed E-state index contributed by atoms with van der Waals surface area (Å²) in [4.78, 5) is 8.39. The van der Waals surface area contributed by atoms with E-state index in [1.54, 1.807) is 7.11 Å². The van der Waals surface area contributed by atoms with Gasteiger partial charge in [-0.25, -0.2) is 0 Å². The van der Waals surface area contributed by atoms with E-state index < -0.39 is 0 Å². The number of hydrogen-bond acceptors (Lipinski definition) is 4. The average Bonchev–Trinajstić information content (AvgIpc) is 3.03. The van der Waals surface area contributed by atoms with E-state index in [9.17, 15) is 0 Å². The van der Waals surface area contributed by atoms with Crippen LogP contribution in [0.25, 0.3) is 0 Å². The number of nitrogens with one attached hydrogen (secondary N) is 2. The minimum absolute atomic E-state index is 0. The van der Waals surface area contributed by atoms with E-state index in [2.05, 4.69) is 53.9 Å². The zero-order valence-corrected chi connectivity index (χ0v) is 18.5. The summed E-state index contributed by atoms with van der Waals surface area (Å²) in [5.74, 6) is 1.46. The first-order chi connectivity index (χ1) is 11.2. The zero-order chi connectivity index (χ0) is 16.9. The number of hydrogen-bond donors (Lipinski definition) is 2. The van der Waals surface area contributed by atoms with Crippen molar-refractivity contribution in [1.29, 1.82) is 0 Å². The molecule has 0 fully saturated rings. The summed E-state index contributed by atoms with van der Waals surface area (Å²) in [5, 5.41) is 8.85. The largest absolute Gasteiger partial charge is 0.383 e. The quantitative estimate of drug-likeness (QED) is 0.298. The van der Waals surface area contributed by atoms with Crippen molar-refractivity contribution in [3.63, 3.8) is 0 Å². The van der Waals surface area contributed by atoms with Gasteiger partial charge in [0, 0.05) is 44.7 Å². The Morgan fingerprint density at radius 1 is 1.38 bits per heavy atom. The van der Waals surface area contributed by atoms with Crippen LogP contribution in [0.1, 0.15) is 18.7 Å². The van der Waals surface area contributed by atoms with Gasteiger partial charge in [0.25, 0.3) is 0 Å². The van der Waals surface area contributed by atoms with Crippen LogP contribution >= 0.6 is 35.3 Å². The average molecular weight is 468 g/mol. The highest BCUT2D eigenvalue weighted by Gasteiger charge is 2.05. The van der Waals surface area contributed by atoms with Crippen molar-refractivity contribution in [3.05, 3.63) is 22.4 Å². The van der Waals surface area contributed by atoms with Crippen molar-refractivity contribution in [3.8, 4) is 0 Å². The second-order valence-electron chi connectivity index (χ2n) is 5.83. The molecule has 0 saturated heterocycles. The fourth-order valence-corrected chi connectivity index (χ4v) is 3.02. The van der Waals surface area contributed by atoms with Crippen LogP contribution in [0.4, 0.5) is 0 Å². The van der Waals surface area contributed by atoms with E-state index in [1.807, 2.05) is 11.3 Å². The standard InChI is InChI=1S/C17H32N4OS.HI/c1-5-18-17(19-8-9-21(3)10-11-22-4)20-14-15(2)13-16-7-6-12-23-16;/h6-7,12,15H,5,8-11,13-14H2,1-4H3,(H2,18,19,20);1H. The molecule has 0 aliphatic heterocycles. The molecular weight excluding hydrogens is 435 g/mol. The van der Waals surface area contributed by atoms with Gasteiger partial charge in [0.05, 0.1) is 6.61 Å². The van der Waals surface area contributed by atoms with Crippen LogP contribution in [0.3, 0.4) is 0 Å². The number of methoxy groups -OCH3 is 1. The van der Waals surface area contributed by atoms with E-state index in [0.29, 0.717) is 5.92 Å². The third-order valence-electron chi connectivity index (χ3n) is 3.50. The summed E-state index contributed by atoms with van der Waals surface area (Å²) in [6.07, 6.45) is 1.10. The summed E-state index contributed by atoms with van der Waals surface area (Å²) < 4.78 is 5.09. The minimum atomic E-state index is 0. The molecule has 5 nitrogen and oxygen atoms in total. The molecule has 0 saturated carbocycles. The van der Waals surface area contributed by atoms with Gasteiger partial charge in [0.1, 0.15) is 0 Å². The molecule has 1 aromatic heterocycles. The molecule has 24 heavy (non-hydrogen) atoms. The summed E-state index contributed by atoms with van der Waals surface area (Å²) in [5.41, 5.74) is 0. The Labute approximate surface area is 168 Å². The van der Waals surface area contributed by atoms with E-state index in [0.717, 1.165) is 51.7 Å². The van der Waals surface area contributed by atoms with Crippen LogP contribution in [0.5, 0.6) is 0 Å². The predicted octanol–water partition coefficient (Wildman–Crippen LogP) is 2.68. The fourth-order valence-electron chi connectivity index (χ4n) is 2.15. The summed E-state index contributed by atoms with van der Waals surface area (Å²) in [7, 11) is 3.84. The highest BCUT2D eigenvalue weighted by molar-refractivity contribution is 14.0. The maximum atomic E-state index is 5.09. The lowest BCUT2D eigenvalue weighted by Crippen LogP contribution is -2.41. The molecule has 1 aromatic rings. The van der Waals surface area contributed by atoms with Gasteiger partial charge in [0.15, 0.2) is 5.96 Å². The van der Waals surface area contributed by atoms with E-state index >= 15 is 0 Å². The van der Waals surface area contributed by atoms with Crippen LogP contribution in [0.2, 0.25) is 0 Å². The SMILES string of the molecule is CCNC(=NCC(C)Cc1cccs1)NCCN(C)CCOC.I. The normalized spacial score (nSPS) is 12.8. The van der Waals surface area contributed by atoms with Crippen molar-refractivity contribution in [2.45, 2.75) is 20.3 Å². The first-order valence-electron chi connectivity index (χ1n) is 8.37. The molecule has 0 aliphatic carbocycles. The number of likely N-dealkylation sites (N-methyl/N-ethyl adjacent to an activating group) is 1. The van der Waals surface area contributed by atoms with Crippen LogP contribution < -0.4 is 10.6 Å². The highest BCUT2D eigenvalue weighted by atomic mass is 127. The van der Waals surface area contributed by atoms with Crippen LogP contribution in [-0.4, -0.2) is 64.3 Å². The Hall–Kier alpha value is -0.380. The van der Waals surface area contributed by atoms with Gasteiger partial charge in [0.2, 0.25) is 0 Å². The smallest absolute Gasteiger partial charge is 0.191 e. The van der Waals surface area contributed by atoms with Gasteiger partial charge in [-0.3, -0.25) is 4.99 Å². The van der Waals surface area contributed by atoms with Crippen LogP contribution in [0.15, 0.2) is 22.5 Å². The highest BCUT2D eigenvalue weighted by Crippen LogP contribution is 2.14. The molecule has 2 N–H and O–H groups in total. The Morgan fingerprint density at radius 2 is 2.17 bits per heavy atom. The zero-order valence-electron chi connectivity index (χ0n) is 15.4. The van der Waals surface area contributed by atoms with E-state index in [-0.39, 0.29) is 24.0 Å². The molecule has 0 spiro atoms. The molecule has 0 bridgehead atoms. The molecule has 0 amide bonds. The number of rotatable bonds is 11. The molecule has 0 radical (unpaired) electrons. The van der Waals surface area contributed by atoms with Gasteiger partial charge >= 0.3 is 0 Å². The van der Waals surface area contributed by atoms with Crippen molar-refractivity contribution in [2.24, 2.45) is 10.9 Å². The molecule has 1 unspecified atom stereocenters.